The molecule has 4 nitrogen and oxygen atoms in total. The van der Waals surface area contributed by atoms with Crippen LogP contribution in [0.3, 0.4) is 0 Å². The van der Waals surface area contributed by atoms with Gasteiger partial charge in [0.1, 0.15) is 0 Å². The summed E-state index contributed by atoms with van der Waals surface area (Å²) >= 11 is 3.25. The molecule has 0 aliphatic carbocycles. The molecule has 1 amide bonds. The lowest BCUT2D eigenvalue weighted by atomic mass is 10.1. The van der Waals surface area contributed by atoms with E-state index in [1.54, 1.807) is 23.1 Å². The van der Waals surface area contributed by atoms with Crippen LogP contribution in [0, 0.1) is 0 Å². The van der Waals surface area contributed by atoms with Crippen LogP contribution in [0.15, 0.2) is 47.4 Å². The normalized spacial score (nSPS) is 11.3. The van der Waals surface area contributed by atoms with Gasteiger partial charge in [-0.05, 0) is 42.5 Å². The van der Waals surface area contributed by atoms with Gasteiger partial charge in [0.25, 0.3) is 5.91 Å². The maximum absolute atomic E-state index is 13.3. The van der Waals surface area contributed by atoms with E-state index in [1.807, 2.05) is 35.4 Å². The molecule has 0 saturated heterocycles. The second-order valence-corrected chi connectivity index (χ2v) is 8.65. The van der Waals surface area contributed by atoms with E-state index in [1.165, 1.54) is 10.5 Å². The number of benzene rings is 2. The first kappa shape index (κ1) is 19.9. The lowest BCUT2D eigenvalue weighted by Gasteiger charge is -2.21. The van der Waals surface area contributed by atoms with Crippen molar-refractivity contribution in [3.63, 3.8) is 0 Å². The Morgan fingerprint density at radius 2 is 2.00 bits per heavy atom. The third kappa shape index (κ3) is 4.51. The summed E-state index contributed by atoms with van der Waals surface area (Å²) < 4.78 is 1.14. The maximum Gasteiger partial charge on any atom is 0.260 e. The molecule has 142 valence electrons. The zero-order valence-corrected chi connectivity index (χ0v) is 17.9. The number of hydrogen-bond acceptors (Lipinski definition) is 4. The number of anilines is 1. The standard InChI is InChI=1S/C21H25N3OS2/c1-5-15-8-7-11-18-19(15)22-21(27-18)24(13-12-23(2)3)20(25)16-9-6-10-17(14-16)26-4/h6-11,14H,5,12-13H2,1-4H3/p+1. The number of amides is 1. The number of likely N-dealkylation sites (N-methyl/N-ethyl adjacent to an activating group) is 1. The summed E-state index contributed by atoms with van der Waals surface area (Å²) in [5.41, 5.74) is 2.96. The van der Waals surface area contributed by atoms with Crippen LogP contribution in [0.5, 0.6) is 0 Å². The lowest BCUT2D eigenvalue weighted by molar-refractivity contribution is -0.856. The Balaban J connectivity index is 2.01. The van der Waals surface area contributed by atoms with Gasteiger partial charge in [-0.1, -0.05) is 36.5 Å². The third-order valence-corrected chi connectivity index (χ3v) is 6.27. The van der Waals surface area contributed by atoms with Crippen LogP contribution in [-0.2, 0) is 6.42 Å². The molecule has 27 heavy (non-hydrogen) atoms. The number of nitrogens with one attached hydrogen (secondary N) is 1. The van der Waals surface area contributed by atoms with Gasteiger partial charge < -0.3 is 4.90 Å². The van der Waals surface area contributed by atoms with Crippen molar-refractivity contribution in [3.05, 3.63) is 53.6 Å². The van der Waals surface area contributed by atoms with Crippen LogP contribution in [0.4, 0.5) is 5.13 Å². The molecule has 0 aliphatic heterocycles. The van der Waals surface area contributed by atoms with Gasteiger partial charge in [0.2, 0.25) is 0 Å². The predicted molar refractivity (Wildman–Crippen MR) is 117 cm³/mol. The first-order valence-electron chi connectivity index (χ1n) is 9.16. The highest BCUT2D eigenvalue weighted by Gasteiger charge is 2.23. The van der Waals surface area contributed by atoms with Crippen molar-refractivity contribution in [1.29, 1.82) is 0 Å². The Kier molecular flexibility index (Phi) is 6.52. The van der Waals surface area contributed by atoms with Gasteiger partial charge in [-0.2, -0.15) is 0 Å². The molecule has 0 radical (unpaired) electrons. The van der Waals surface area contributed by atoms with E-state index in [9.17, 15) is 4.79 Å². The molecule has 3 aromatic rings. The second kappa shape index (κ2) is 8.87. The number of thiazole rings is 1. The van der Waals surface area contributed by atoms with Crippen LogP contribution in [-0.4, -0.2) is 44.3 Å². The van der Waals surface area contributed by atoms with Gasteiger partial charge in [-0.3, -0.25) is 9.69 Å². The molecular formula is C21H26N3OS2+. The first-order chi connectivity index (χ1) is 13.0. The molecule has 0 aliphatic rings. The quantitative estimate of drug-likeness (QED) is 0.618. The van der Waals surface area contributed by atoms with Crippen LogP contribution in [0.1, 0.15) is 22.8 Å². The highest BCUT2D eigenvalue weighted by Crippen LogP contribution is 2.32. The van der Waals surface area contributed by atoms with E-state index in [-0.39, 0.29) is 5.91 Å². The molecule has 2 aromatic carbocycles. The minimum absolute atomic E-state index is 0.0178. The fourth-order valence-electron chi connectivity index (χ4n) is 2.93. The molecule has 0 fully saturated rings. The van der Waals surface area contributed by atoms with Gasteiger partial charge in [0.05, 0.1) is 37.4 Å². The van der Waals surface area contributed by atoms with E-state index >= 15 is 0 Å². The number of thioether (sulfide) groups is 1. The number of aromatic nitrogens is 1. The minimum atomic E-state index is 0.0178. The maximum atomic E-state index is 13.3. The molecule has 0 bridgehead atoms. The zero-order valence-electron chi connectivity index (χ0n) is 16.3. The van der Waals surface area contributed by atoms with Gasteiger partial charge in [-0.25, -0.2) is 4.98 Å². The van der Waals surface area contributed by atoms with E-state index in [0.717, 1.165) is 33.2 Å². The highest BCUT2D eigenvalue weighted by atomic mass is 32.2. The molecule has 0 spiro atoms. The summed E-state index contributed by atoms with van der Waals surface area (Å²) in [4.78, 5) is 22.4. The molecule has 6 heteroatoms. The predicted octanol–water partition coefficient (Wildman–Crippen LogP) is 3.37. The van der Waals surface area contributed by atoms with Crippen molar-refractivity contribution in [2.45, 2.75) is 18.2 Å². The topological polar surface area (TPSA) is 37.6 Å². The number of carbonyl (C=O) groups excluding carboxylic acids is 1. The second-order valence-electron chi connectivity index (χ2n) is 6.76. The van der Waals surface area contributed by atoms with E-state index < -0.39 is 0 Å². The fourth-order valence-corrected chi connectivity index (χ4v) is 4.42. The molecule has 0 saturated carbocycles. The number of aryl methyl sites for hydroxylation is 1. The number of fused-ring (bicyclic) bond motifs is 1. The van der Waals surface area contributed by atoms with E-state index in [0.29, 0.717) is 12.1 Å². The van der Waals surface area contributed by atoms with E-state index in [2.05, 4.69) is 39.2 Å². The number of nitrogens with zero attached hydrogens (tertiary/aromatic N) is 2. The van der Waals surface area contributed by atoms with Crippen LogP contribution < -0.4 is 9.80 Å². The van der Waals surface area contributed by atoms with Crippen molar-refractivity contribution >= 4 is 44.4 Å². The number of rotatable bonds is 7. The highest BCUT2D eigenvalue weighted by molar-refractivity contribution is 7.98. The number of hydrogen-bond donors (Lipinski definition) is 1. The molecule has 0 atom stereocenters. The van der Waals surface area contributed by atoms with Crippen molar-refractivity contribution in [2.24, 2.45) is 0 Å². The Hall–Kier alpha value is -1.89. The van der Waals surface area contributed by atoms with Gasteiger partial charge in [0, 0.05) is 10.5 Å². The molecular weight excluding hydrogens is 374 g/mol. The Bertz CT molecular complexity index is 936. The molecule has 1 N–H and O–H groups in total. The number of quaternary nitrogens is 1. The molecule has 3 rings (SSSR count). The summed E-state index contributed by atoms with van der Waals surface area (Å²) in [5, 5.41) is 0.784. The van der Waals surface area contributed by atoms with Crippen LogP contribution >= 0.6 is 23.1 Å². The number of para-hydroxylation sites is 1. The van der Waals surface area contributed by atoms with Crippen molar-refractivity contribution in [2.75, 3.05) is 38.3 Å². The lowest BCUT2D eigenvalue weighted by Crippen LogP contribution is -3.06. The van der Waals surface area contributed by atoms with Crippen LogP contribution in [0.2, 0.25) is 0 Å². The van der Waals surface area contributed by atoms with Gasteiger partial charge >= 0.3 is 0 Å². The minimum Gasteiger partial charge on any atom is -0.338 e. The number of carbonyl (C=O) groups is 1. The smallest absolute Gasteiger partial charge is 0.260 e. The molecule has 1 aromatic heterocycles. The average molecular weight is 401 g/mol. The summed E-state index contributed by atoms with van der Waals surface area (Å²) in [6, 6.07) is 14.1. The summed E-state index contributed by atoms with van der Waals surface area (Å²) in [6.45, 7) is 3.65. The van der Waals surface area contributed by atoms with Gasteiger partial charge in [-0.15, -0.1) is 11.8 Å². The monoisotopic (exact) mass is 400 g/mol. The van der Waals surface area contributed by atoms with Crippen molar-refractivity contribution < 1.29 is 9.69 Å². The van der Waals surface area contributed by atoms with Crippen molar-refractivity contribution in [3.8, 4) is 0 Å². The average Bonchev–Trinajstić information content (AvgIpc) is 3.11. The van der Waals surface area contributed by atoms with E-state index in [4.69, 9.17) is 4.98 Å². The SMILES string of the molecule is CCc1cccc2sc(N(CC[NH+](C)C)C(=O)c3cccc(SC)c3)nc12. The summed E-state index contributed by atoms with van der Waals surface area (Å²) in [5.74, 6) is 0.0178. The first-order valence-corrected chi connectivity index (χ1v) is 11.2. The fraction of sp³-hybridized carbons (Fsp3) is 0.333. The summed E-state index contributed by atoms with van der Waals surface area (Å²) in [6.07, 6.45) is 2.96. The van der Waals surface area contributed by atoms with Gasteiger partial charge in [0.15, 0.2) is 5.13 Å². The Labute approximate surface area is 169 Å². The zero-order chi connectivity index (χ0) is 19.4. The van der Waals surface area contributed by atoms with Crippen LogP contribution in [0.25, 0.3) is 10.2 Å². The largest absolute Gasteiger partial charge is 0.338 e. The molecule has 0 unspecified atom stereocenters. The molecule has 1 heterocycles. The third-order valence-electron chi connectivity index (χ3n) is 4.50. The Morgan fingerprint density at radius 3 is 2.70 bits per heavy atom. The summed E-state index contributed by atoms with van der Waals surface area (Å²) in [7, 11) is 4.20. The van der Waals surface area contributed by atoms with Crippen molar-refractivity contribution in [1.82, 2.24) is 4.98 Å². The Morgan fingerprint density at radius 1 is 1.22 bits per heavy atom.